The number of hydrogen-bond acceptors (Lipinski definition) is 6. The molecular formula is C14H12N4OS. The molecule has 2 N–H and O–H groups in total. The maximum absolute atomic E-state index is 5.61. The summed E-state index contributed by atoms with van der Waals surface area (Å²) in [6.45, 7) is 0. The Morgan fingerprint density at radius 1 is 1.30 bits per heavy atom. The molecule has 100 valence electrons. The highest BCUT2D eigenvalue weighted by atomic mass is 32.1. The highest BCUT2D eigenvalue weighted by Crippen LogP contribution is 2.38. The number of rotatable bonds is 3. The van der Waals surface area contributed by atoms with Crippen LogP contribution in [0.3, 0.4) is 0 Å². The molecule has 0 saturated heterocycles. The Morgan fingerprint density at radius 2 is 2.20 bits per heavy atom. The molecule has 0 bridgehead atoms. The molecule has 2 heterocycles. The average molecular weight is 284 g/mol. The summed E-state index contributed by atoms with van der Waals surface area (Å²) < 4.78 is 5.31. The van der Waals surface area contributed by atoms with Crippen molar-refractivity contribution in [3.63, 3.8) is 0 Å². The first-order valence-electron chi connectivity index (χ1n) is 6.40. The molecular weight excluding hydrogens is 272 g/mol. The van der Waals surface area contributed by atoms with Gasteiger partial charge in [-0.1, -0.05) is 29.4 Å². The van der Waals surface area contributed by atoms with Crippen LogP contribution >= 0.6 is 11.3 Å². The minimum Gasteiger partial charge on any atom is -0.375 e. The third-order valence-corrected chi connectivity index (χ3v) is 4.27. The molecule has 1 aliphatic rings. The van der Waals surface area contributed by atoms with Crippen molar-refractivity contribution in [1.29, 1.82) is 0 Å². The van der Waals surface area contributed by atoms with Gasteiger partial charge in [-0.15, -0.1) is 11.3 Å². The highest BCUT2D eigenvalue weighted by molar-refractivity contribution is 7.13. The summed E-state index contributed by atoms with van der Waals surface area (Å²) in [5.41, 5.74) is 9.16. The van der Waals surface area contributed by atoms with Gasteiger partial charge in [-0.2, -0.15) is 4.98 Å². The van der Waals surface area contributed by atoms with Gasteiger partial charge in [0.05, 0.1) is 18.0 Å². The van der Waals surface area contributed by atoms with Crippen LogP contribution in [0.5, 0.6) is 0 Å². The minimum absolute atomic E-state index is 0.268. The van der Waals surface area contributed by atoms with Crippen LogP contribution in [0.4, 0.5) is 5.13 Å². The lowest BCUT2D eigenvalue weighted by Gasteiger charge is -2.27. The fraction of sp³-hybridized carbons (Fsp3) is 0.214. The third kappa shape index (κ3) is 1.89. The SMILES string of the molecule is Nc1nc(Cc2nc(C3Cc4ccccc43)no2)cs1. The van der Waals surface area contributed by atoms with E-state index < -0.39 is 0 Å². The second kappa shape index (κ2) is 4.42. The van der Waals surface area contributed by atoms with E-state index in [1.807, 2.05) is 11.4 Å². The Kier molecular flexibility index (Phi) is 2.56. The maximum atomic E-state index is 5.61. The summed E-state index contributed by atoms with van der Waals surface area (Å²) >= 11 is 1.42. The van der Waals surface area contributed by atoms with Gasteiger partial charge in [0.2, 0.25) is 5.89 Å². The van der Waals surface area contributed by atoms with Crippen LogP contribution in [-0.4, -0.2) is 15.1 Å². The van der Waals surface area contributed by atoms with Crippen molar-refractivity contribution in [1.82, 2.24) is 15.1 Å². The number of anilines is 1. The molecule has 0 aliphatic heterocycles. The predicted octanol–water partition coefficient (Wildman–Crippen LogP) is 2.39. The van der Waals surface area contributed by atoms with Gasteiger partial charge in [0.15, 0.2) is 11.0 Å². The van der Waals surface area contributed by atoms with Gasteiger partial charge < -0.3 is 10.3 Å². The Hall–Kier alpha value is -2.21. The summed E-state index contributed by atoms with van der Waals surface area (Å²) in [6.07, 6.45) is 1.52. The van der Waals surface area contributed by atoms with Gasteiger partial charge in [0, 0.05) is 5.38 Å². The number of benzene rings is 1. The molecule has 6 heteroatoms. The molecule has 0 saturated carbocycles. The van der Waals surface area contributed by atoms with Crippen molar-refractivity contribution in [3.05, 3.63) is 58.2 Å². The Labute approximate surface area is 119 Å². The number of hydrogen-bond donors (Lipinski definition) is 1. The van der Waals surface area contributed by atoms with Crippen LogP contribution in [0.25, 0.3) is 0 Å². The first-order chi connectivity index (χ1) is 9.79. The Bertz CT molecular complexity index is 764. The summed E-state index contributed by atoms with van der Waals surface area (Å²) in [5, 5.41) is 6.58. The lowest BCUT2D eigenvalue weighted by atomic mass is 9.77. The van der Waals surface area contributed by atoms with E-state index in [1.165, 1.54) is 22.5 Å². The normalized spacial score (nSPS) is 16.7. The van der Waals surface area contributed by atoms with Crippen LogP contribution in [-0.2, 0) is 12.8 Å². The zero-order chi connectivity index (χ0) is 13.5. The van der Waals surface area contributed by atoms with Crippen molar-refractivity contribution < 1.29 is 4.52 Å². The number of aromatic nitrogens is 3. The number of fused-ring (bicyclic) bond motifs is 1. The van der Waals surface area contributed by atoms with Crippen molar-refractivity contribution in [2.75, 3.05) is 5.73 Å². The van der Waals surface area contributed by atoms with Gasteiger partial charge in [0.1, 0.15) is 0 Å². The molecule has 0 radical (unpaired) electrons. The zero-order valence-electron chi connectivity index (χ0n) is 10.6. The molecule has 0 fully saturated rings. The van der Waals surface area contributed by atoms with Crippen LogP contribution in [0, 0.1) is 0 Å². The summed E-state index contributed by atoms with van der Waals surface area (Å²) in [7, 11) is 0. The predicted molar refractivity (Wildman–Crippen MR) is 75.6 cm³/mol. The molecule has 3 aromatic rings. The van der Waals surface area contributed by atoms with Crippen LogP contribution in [0.2, 0.25) is 0 Å². The molecule has 1 unspecified atom stereocenters. The number of nitrogens with zero attached hydrogens (tertiary/aromatic N) is 3. The van der Waals surface area contributed by atoms with E-state index in [2.05, 4.69) is 33.3 Å². The number of nitrogen functional groups attached to an aromatic ring is 1. The summed E-state index contributed by atoms with van der Waals surface area (Å²) in [4.78, 5) is 8.68. The molecule has 1 aliphatic carbocycles. The second-order valence-electron chi connectivity index (χ2n) is 4.86. The molecule has 4 rings (SSSR count). The molecule has 1 atom stereocenters. The third-order valence-electron chi connectivity index (χ3n) is 3.55. The minimum atomic E-state index is 0.268. The van der Waals surface area contributed by atoms with Gasteiger partial charge in [-0.05, 0) is 17.5 Å². The maximum Gasteiger partial charge on any atom is 0.232 e. The van der Waals surface area contributed by atoms with E-state index in [9.17, 15) is 0 Å². The molecule has 1 aromatic carbocycles. The van der Waals surface area contributed by atoms with E-state index in [1.54, 1.807) is 0 Å². The van der Waals surface area contributed by atoms with Crippen molar-refractivity contribution >= 4 is 16.5 Å². The van der Waals surface area contributed by atoms with Crippen LogP contribution in [0.1, 0.15) is 34.5 Å². The lowest BCUT2D eigenvalue weighted by Crippen LogP contribution is -2.19. The van der Waals surface area contributed by atoms with E-state index >= 15 is 0 Å². The fourth-order valence-electron chi connectivity index (χ4n) is 2.53. The topological polar surface area (TPSA) is 77.8 Å². The van der Waals surface area contributed by atoms with E-state index in [4.69, 9.17) is 10.3 Å². The van der Waals surface area contributed by atoms with Crippen LogP contribution in [0.15, 0.2) is 34.2 Å². The molecule has 0 spiro atoms. The van der Waals surface area contributed by atoms with E-state index in [0.717, 1.165) is 17.9 Å². The Morgan fingerprint density at radius 3 is 3.00 bits per heavy atom. The average Bonchev–Trinajstić information content (AvgIpc) is 3.01. The van der Waals surface area contributed by atoms with Crippen molar-refractivity contribution in [3.8, 4) is 0 Å². The zero-order valence-corrected chi connectivity index (χ0v) is 11.4. The van der Waals surface area contributed by atoms with E-state index in [0.29, 0.717) is 17.4 Å². The summed E-state index contributed by atoms with van der Waals surface area (Å²) in [6, 6.07) is 8.37. The van der Waals surface area contributed by atoms with Gasteiger partial charge in [0.25, 0.3) is 0 Å². The first-order valence-corrected chi connectivity index (χ1v) is 7.28. The second-order valence-corrected chi connectivity index (χ2v) is 5.75. The van der Waals surface area contributed by atoms with Gasteiger partial charge in [-0.3, -0.25) is 0 Å². The Balaban J connectivity index is 1.55. The molecule has 0 amide bonds. The fourth-order valence-corrected chi connectivity index (χ4v) is 3.09. The smallest absolute Gasteiger partial charge is 0.232 e. The number of nitrogens with two attached hydrogens (primary N) is 1. The molecule has 20 heavy (non-hydrogen) atoms. The highest BCUT2D eigenvalue weighted by Gasteiger charge is 2.30. The van der Waals surface area contributed by atoms with Crippen LogP contribution < -0.4 is 5.73 Å². The van der Waals surface area contributed by atoms with Crippen molar-refractivity contribution in [2.24, 2.45) is 0 Å². The molecule has 2 aromatic heterocycles. The number of thiazole rings is 1. The lowest BCUT2D eigenvalue weighted by molar-refractivity contribution is 0.375. The largest absolute Gasteiger partial charge is 0.375 e. The first kappa shape index (κ1) is 11.6. The summed E-state index contributed by atoms with van der Waals surface area (Å²) in [5.74, 6) is 1.63. The monoisotopic (exact) mass is 284 g/mol. The van der Waals surface area contributed by atoms with Gasteiger partial charge in [-0.25, -0.2) is 4.98 Å². The standard InChI is InChI=1S/C14H12N4OS/c15-14-16-9(7-20-14)6-12-17-13(18-19-12)11-5-8-3-1-2-4-10(8)11/h1-4,7,11H,5-6H2,(H2,15,16). The van der Waals surface area contributed by atoms with Crippen molar-refractivity contribution in [2.45, 2.75) is 18.8 Å². The van der Waals surface area contributed by atoms with Gasteiger partial charge >= 0.3 is 0 Å². The molecule has 5 nitrogen and oxygen atoms in total. The van der Waals surface area contributed by atoms with E-state index in [-0.39, 0.29) is 5.92 Å². The quantitative estimate of drug-likeness (QED) is 0.799.